The first-order valence-electron chi connectivity index (χ1n) is 11.5. The molecule has 0 bridgehead atoms. The molecule has 1 saturated heterocycles. The summed E-state index contributed by atoms with van der Waals surface area (Å²) in [5.41, 5.74) is 3.40. The van der Waals surface area contributed by atoms with Crippen molar-refractivity contribution in [2.24, 2.45) is 0 Å². The minimum atomic E-state index is -3.71. The minimum absolute atomic E-state index is 0.333. The van der Waals surface area contributed by atoms with E-state index in [4.69, 9.17) is 11.6 Å². The lowest BCUT2D eigenvalue weighted by Crippen LogP contribution is -2.49. The average molecular weight is 492 g/mol. The van der Waals surface area contributed by atoms with Gasteiger partial charge in [0.2, 0.25) is 15.9 Å². The van der Waals surface area contributed by atoms with Crippen LogP contribution in [0.25, 0.3) is 0 Å². The third-order valence-corrected chi connectivity index (χ3v) is 7.48. The van der Waals surface area contributed by atoms with E-state index in [9.17, 15) is 13.2 Å². The van der Waals surface area contributed by atoms with Crippen molar-refractivity contribution < 1.29 is 13.2 Å². The molecule has 1 heterocycles. The van der Waals surface area contributed by atoms with Crippen LogP contribution in [-0.4, -0.2) is 44.6 Å². The standard InChI is InChI=1S/C25H34ClN3O3S/c1-4-23(29(33(3,31)32)24-16-22(26)13-8-19(24)2)25(30)27-17-20-9-11-21(12-10-20)18-28-14-6-5-7-15-28/h8-13,16,23H,4-7,14-15,17-18H2,1-3H3,(H,27,30)/t23-/m0/s1. The van der Waals surface area contributed by atoms with Gasteiger partial charge in [-0.1, -0.05) is 55.3 Å². The van der Waals surface area contributed by atoms with Gasteiger partial charge in [0, 0.05) is 18.1 Å². The van der Waals surface area contributed by atoms with Crippen LogP contribution < -0.4 is 9.62 Å². The Labute approximate surface area is 203 Å². The number of hydrogen-bond acceptors (Lipinski definition) is 4. The van der Waals surface area contributed by atoms with E-state index >= 15 is 0 Å². The first-order chi connectivity index (χ1) is 15.7. The van der Waals surface area contributed by atoms with E-state index in [2.05, 4.69) is 22.3 Å². The Kier molecular flexibility index (Phi) is 8.79. The van der Waals surface area contributed by atoms with Gasteiger partial charge in [-0.2, -0.15) is 0 Å². The molecular formula is C25H34ClN3O3S. The summed E-state index contributed by atoms with van der Waals surface area (Å²) >= 11 is 6.13. The number of hydrogen-bond donors (Lipinski definition) is 1. The zero-order valence-electron chi connectivity index (χ0n) is 19.7. The van der Waals surface area contributed by atoms with Crippen molar-refractivity contribution in [1.82, 2.24) is 10.2 Å². The summed E-state index contributed by atoms with van der Waals surface area (Å²) in [6.07, 6.45) is 5.30. The number of nitrogens with one attached hydrogen (secondary N) is 1. The molecule has 0 unspecified atom stereocenters. The van der Waals surface area contributed by atoms with Gasteiger partial charge in [0.15, 0.2) is 0 Å². The summed E-state index contributed by atoms with van der Waals surface area (Å²) in [7, 11) is -3.71. The van der Waals surface area contributed by atoms with Crippen LogP contribution in [0.3, 0.4) is 0 Å². The summed E-state index contributed by atoms with van der Waals surface area (Å²) in [4.78, 5) is 15.6. The van der Waals surface area contributed by atoms with Crippen LogP contribution in [0.1, 0.15) is 49.3 Å². The van der Waals surface area contributed by atoms with Crippen LogP contribution in [0.4, 0.5) is 5.69 Å². The van der Waals surface area contributed by atoms with Crippen molar-refractivity contribution in [3.8, 4) is 0 Å². The van der Waals surface area contributed by atoms with Crippen LogP contribution in [0.15, 0.2) is 42.5 Å². The highest BCUT2D eigenvalue weighted by atomic mass is 35.5. The molecule has 2 aromatic carbocycles. The van der Waals surface area contributed by atoms with Gasteiger partial charge in [0.05, 0.1) is 11.9 Å². The molecule has 1 atom stereocenters. The van der Waals surface area contributed by atoms with Crippen LogP contribution in [0, 0.1) is 6.92 Å². The summed E-state index contributed by atoms with van der Waals surface area (Å²) in [6, 6.07) is 12.4. The van der Waals surface area contributed by atoms with Gasteiger partial charge in [-0.05, 0) is 68.1 Å². The maximum Gasteiger partial charge on any atom is 0.244 e. The largest absolute Gasteiger partial charge is 0.350 e. The zero-order chi connectivity index (χ0) is 24.0. The monoisotopic (exact) mass is 491 g/mol. The Morgan fingerprint density at radius 2 is 1.73 bits per heavy atom. The quantitative estimate of drug-likeness (QED) is 0.561. The Hall–Kier alpha value is -2.09. The number of benzene rings is 2. The Morgan fingerprint density at radius 1 is 1.09 bits per heavy atom. The highest BCUT2D eigenvalue weighted by Gasteiger charge is 2.32. The number of nitrogens with zero attached hydrogens (tertiary/aromatic N) is 2. The summed E-state index contributed by atoms with van der Waals surface area (Å²) in [6.45, 7) is 7.20. The fourth-order valence-electron chi connectivity index (χ4n) is 4.30. The topological polar surface area (TPSA) is 69.7 Å². The third-order valence-electron chi connectivity index (χ3n) is 6.08. The fourth-order valence-corrected chi connectivity index (χ4v) is 5.73. The van der Waals surface area contributed by atoms with E-state index in [1.54, 1.807) is 32.0 Å². The Bertz CT molecular complexity index is 1050. The number of halogens is 1. The van der Waals surface area contributed by atoms with E-state index in [1.165, 1.54) is 29.1 Å². The molecular weight excluding hydrogens is 458 g/mol. The molecule has 2 aromatic rings. The second-order valence-corrected chi connectivity index (χ2v) is 11.1. The van der Waals surface area contributed by atoms with Crippen molar-refractivity contribution in [3.63, 3.8) is 0 Å². The van der Waals surface area contributed by atoms with Crippen LogP contribution in [0.5, 0.6) is 0 Å². The molecule has 8 heteroatoms. The number of amides is 1. The molecule has 0 aromatic heterocycles. The van der Waals surface area contributed by atoms with E-state index in [0.717, 1.165) is 37.0 Å². The number of carbonyl (C=O) groups is 1. The highest BCUT2D eigenvalue weighted by molar-refractivity contribution is 7.92. The molecule has 1 aliphatic heterocycles. The van der Waals surface area contributed by atoms with Crippen LogP contribution in [0.2, 0.25) is 5.02 Å². The van der Waals surface area contributed by atoms with Gasteiger partial charge in [-0.25, -0.2) is 8.42 Å². The highest BCUT2D eigenvalue weighted by Crippen LogP contribution is 2.29. The van der Waals surface area contributed by atoms with E-state index < -0.39 is 16.1 Å². The molecule has 1 aliphatic rings. The van der Waals surface area contributed by atoms with Gasteiger partial charge >= 0.3 is 0 Å². The third kappa shape index (κ3) is 6.95. The number of likely N-dealkylation sites (tertiary alicyclic amines) is 1. The number of sulfonamides is 1. The zero-order valence-corrected chi connectivity index (χ0v) is 21.3. The van der Waals surface area contributed by atoms with Gasteiger partial charge in [0.25, 0.3) is 0 Å². The molecule has 33 heavy (non-hydrogen) atoms. The fraction of sp³-hybridized carbons (Fsp3) is 0.480. The van der Waals surface area contributed by atoms with Crippen LogP contribution >= 0.6 is 11.6 Å². The summed E-state index contributed by atoms with van der Waals surface area (Å²) < 4.78 is 26.5. The molecule has 3 rings (SSSR count). The van der Waals surface area contributed by atoms with Crippen molar-refractivity contribution in [1.29, 1.82) is 0 Å². The smallest absolute Gasteiger partial charge is 0.244 e. The maximum absolute atomic E-state index is 13.1. The van der Waals surface area contributed by atoms with Crippen molar-refractivity contribution in [3.05, 3.63) is 64.2 Å². The first kappa shape index (κ1) is 25.5. The number of piperidine rings is 1. The molecule has 0 radical (unpaired) electrons. The lowest BCUT2D eigenvalue weighted by Gasteiger charge is -2.31. The number of carbonyl (C=O) groups excluding carboxylic acids is 1. The molecule has 1 fully saturated rings. The van der Waals surface area contributed by atoms with Crippen LogP contribution in [-0.2, 0) is 27.9 Å². The molecule has 0 spiro atoms. The molecule has 0 saturated carbocycles. The SMILES string of the molecule is CC[C@@H](C(=O)NCc1ccc(CN2CCCCC2)cc1)N(c1cc(Cl)ccc1C)S(C)(=O)=O. The van der Waals surface area contributed by atoms with Gasteiger partial charge in [-0.3, -0.25) is 14.0 Å². The van der Waals surface area contributed by atoms with Gasteiger partial charge in [0.1, 0.15) is 6.04 Å². The predicted molar refractivity (Wildman–Crippen MR) is 135 cm³/mol. The maximum atomic E-state index is 13.1. The van der Waals surface area contributed by atoms with Gasteiger partial charge in [-0.15, -0.1) is 0 Å². The first-order valence-corrected chi connectivity index (χ1v) is 13.7. The molecule has 1 amide bonds. The lowest BCUT2D eigenvalue weighted by atomic mass is 10.1. The van der Waals surface area contributed by atoms with E-state index in [1.807, 2.05) is 12.1 Å². The molecule has 180 valence electrons. The van der Waals surface area contributed by atoms with Crippen molar-refractivity contribution >= 4 is 33.2 Å². The number of anilines is 1. The molecule has 0 aliphatic carbocycles. The average Bonchev–Trinajstić information content (AvgIpc) is 2.78. The lowest BCUT2D eigenvalue weighted by molar-refractivity contribution is -0.122. The second kappa shape index (κ2) is 11.4. The van der Waals surface area contributed by atoms with E-state index in [0.29, 0.717) is 23.7 Å². The molecule has 1 N–H and O–H groups in total. The number of aryl methyl sites for hydroxylation is 1. The normalized spacial score (nSPS) is 15.8. The minimum Gasteiger partial charge on any atom is -0.350 e. The molecule has 6 nitrogen and oxygen atoms in total. The van der Waals surface area contributed by atoms with Crippen molar-refractivity contribution in [2.45, 2.75) is 58.7 Å². The predicted octanol–water partition coefficient (Wildman–Crippen LogP) is 4.50. The Morgan fingerprint density at radius 3 is 2.33 bits per heavy atom. The second-order valence-electron chi connectivity index (χ2n) is 8.78. The van der Waals surface area contributed by atoms with Crippen molar-refractivity contribution in [2.75, 3.05) is 23.7 Å². The van der Waals surface area contributed by atoms with Gasteiger partial charge < -0.3 is 5.32 Å². The number of rotatable bonds is 9. The summed E-state index contributed by atoms with van der Waals surface area (Å²) in [5.74, 6) is -0.334. The summed E-state index contributed by atoms with van der Waals surface area (Å²) in [5, 5.41) is 3.34. The Balaban J connectivity index is 1.68. The van der Waals surface area contributed by atoms with E-state index in [-0.39, 0.29) is 5.91 Å².